The van der Waals surface area contributed by atoms with Gasteiger partial charge in [0.15, 0.2) is 0 Å². The van der Waals surface area contributed by atoms with Crippen molar-refractivity contribution in [2.75, 3.05) is 6.26 Å². The molecule has 0 atom stereocenters. The standard InChI is InChI=1S/C11H14S2/c1-3-7-11(12-2)13-10-8-5-4-6-9-10/h4-9H,3H2,1-2H3/b11-7+. The molecule has 0 saturated carbocycles. The van der Waals surface area contributed by atoms with Crippen LogP contribution in [0.15, 0.2) is 45.5 Å². The van der Waals surface area contributed by atoms with Crippen LogP contribution in [-0.4, -0.2) is 6.26 Å². The molecule has 0 N–H and O–H groups in total. The first kappa shape index (κ1) is 10.7. The molecule has 0 amide bonds. The van der Waals surface area contributed by atoms with Crippen LogP contribution in [0, 0.1) is 0 Å². The maximum absolute atomic E-state index is 2.27. The van der Waals surface area contributed by atoms with Crippen molar-refractivity contribution < 1.29 is 0 Å². The van der Waals surface area contributed by atoms with Crippen LogP contribution in [0.1, 0.15) is 13.3 Å². The van der Waals surface area contributed by atoms with Crippen LogP contribution < -0.4 is 0 Å². The van der Waals surface area contributed by atoms with E-state index in [1.54, 1.807) is 0 Å². The zero-order chi connectivity index (χ0) is 9.52. The first-order valence-corrected chi connectivity index (χ1v) is 6.38. The van der Waals surface area contributed by atoms with E-state index in [2.05, 4.69) is 43.5 Å². The zero-order valence-electron chi connectivity index (χ0n) is 7.99. The number of thioether (sulfide) groups is 2. The smallest absolute Gasteiger partial charge is 0.0407 e. The molecule has 2 heteroatoms. The fraction of sp³-hybridized carbons (Fsp3) is 0.273. The molecule has 0 heterocycles. The first-order chi connectivity index (χ1) is 6.36. The molecular formula is C11H14S2. The number of rotatable bonds is 4. The molecule has 0 fully saturated rings. The third-order valence-electron chi connectivity index (χ3n) is 1.53. The molecule has 1 aromatic carbocycles. The summed E-state index contributed by atoms with van der Waals surface area (Å²) in [6, 6.07) is 10.5. The van der Waals surface area contributed by atoms with Crippen molar-refractivity contribution >= 4 is 23.5 Å². The van der Waals surface area contributed by atoms with Crippen molar-refractivity contribution in [1.29, 1.82) is 0 Å². The molecule has 0 radical (unpaired) electrons. The fourth-order valence-corrected chi connectivity index (χ4v) is 2.67. The third kappa shape index (κ3) is 3.92. The van der Waals surface area contributed by atoms with Crippen molar-refractivity contribution in [3.63, 3.8) is 0 Å². The minimum absolute atomic E-state index is 1.11. The molecule has 0 aliphatic rings. The Labute approximate surface area is 88.8 Å². The van der Waals surface area contributed by atoms with E-state index in [9.17, 15) is 0 Å². The van der Waals surface area contributed by atoms with Crippen LogP contribution >= 0.6 is 23.5 Å². The summed E-state index contributed by atoms with van der Waals surface area (Å²) in [5.74, 6) is 0. The van der Waals surface area contributed by atoms with Gasteiger partial charge < -0.3 is 0 Å². The van der Waals surface area contributed by atoms with E-state index in [0.29, 0.717) is 0 Å². The van der Waals surface area contributed by atoms with Gasteiger partial charge in [-0.05, 0) is 24.8 Å². The van der Waals surface area contributed by atoms with Crippen LogP contribution in [0.3, 0.4) is 0 Å². The Morgan fingerprint density at radius 1 is 1.31 bits per heavy atom. The van der Waals surface area contributed by atoms with Gasteiger partial charge in [0, 0.05) is 9.13 Å². The van der Waals surface area contributed by atoms with Crippen LogP contribution in [0.5, 0.6) is 0 Å². The van der Waals surface area contributed by atoms with E-state index in [4.69, 9.17) is 0 Å². The number of allylic oxidation sites excluding steroid dienone is 1. The number of hydrogen-bond donors (Lipinski definition) is 0. The molecular weight excluding hydrogens is 196 g/mol. The molecule has 13 heavy (non-hydrogen) atoms. The zero-order valence-corrected chi connectivity index (χ0v) is 9.62. The van der Waals surface area contributed by atoms with Gasteiger partial charge in [-0.15, -0.1) is 11.8 Å². The lowest BCUT2D eigenvalue weighted by Crippen LogP contribution is -1.71. The average molecular weight is 210 g/mol. The minimum Gasteiger partial charge on any atom is -0.123 e. The summed E-state index contributed by atoms with van der Waals surface area (Å²) in [6.07, 6.45) is 5.50. The Hall–Kier alpha value is -0.340. The molecule has 1 aromatic rings. The van der Waals surface area contributed by atoms with Gasteiger partial charge in [-0.3, -0.25) is 0 Å². The Morgan fingerprint density at radius 2 is 2.00 bits per heavy atom. The Balaban J connectivity index is 2.62. The van der Waals surface area contributed by atoms with Gasteiger partial charge in [0.25, 0.3) is 0 Å². The molecule has 0 nitrogen and oxygen atoms in total. The topological polar surface area (TPSA) is 0 Å². The predicted octanol–water partition coefficient (Wildman–Crippen LogP) is 4.39. The van der Waals surface area contributed by atoms with Gasteiger partial charge in [0.05, 0.1) is 0 Å². The molecule has 0 aromatic heterocycles. The van der Waals surface area contributed by atoms with Crippen LogP contribution in [0.4, 0.5) is 0 Å². The molecule has 0 saturated heterocycles. The highest BCUT2D eigenvalue weighted by Crippen LogP contribution is 2.33. The van der Waals surface area contributed by atoms with E-state index in [1.807, 2.05) is 29.6 Å². The SMILES string of the molecule is CC/C=C(\SC)Sc1ccccc1. The molecule has 0 aliphatic carbocycles. The summed E-state index contributed by atoms with van der Waals surface area (Å²) in [4.78, 5) is 1.32. The van der Waals surface area contributed by atoms with Gasteiger partial charge in [0.2, 0.25) is 0 Å². The lowest BCUT2D eigenvalue weighted by molar-refractivity contribution is 1.23. The molecule has 0 bridgehead atoms. The Kier molecular flexibility index (Phi) is 5.09. The first-order valence-electron chi connectivity index (χ1n) is 4.34. The molecule has 0 spiro atoms. The number of benzene rings is 1. The highest BCUT2D eigenvalue weighted by atomic mass is 32.2. The third-order valence-corrected chi connectivity index (χ3v) is 3.73. The maximum Gasteiger partial charge on any atom is 0.0407 e. The monoisotopic (exact) mass is 210 g/mol. The second-order valence-corrected chi connectivity index (χ2v) is 4.77. The second kappa shape index (κ2) is 6.17. The van der Waals surface area contributed by atoms with E-state index in [-0.39, 0.29) is 0 Å². The van der Waals surface area contributed by atoms with Crippen LogP contribution in [0.2, 0.25) is 0 Å². The highest BCUT2D eigenvalue weighted by molar-refractivity contribution is 8.22. The van der Waals surface area contributed by atoms with Crippen molar-refractivity contribution in [2.45, 2.75) is 18.2 Å². The fourth-order valence-electron chi connectivity index (χ4n) is 0.938. The largest absolute Gasteiger partial charge is 0.123 e. The van der Waals surface area contributed by atoms with E-state index < -0.39 is 0 Å². The van der Waals surface area contributed by atoms with Crippen LogP contribution in [-0.2, 0) is 0 Å². The Morgan fingerprint density at radius 3 is 2.54 bits per heavy atom. The molecule has 0 aliphatic heterocycles. The van der Waals surface area contributed by atoms with Gasteiger partial charge in [-0.2, -0.15) is 0 Å². The van der Waals surface area contributed by atoms with Gasteiger partial charge in [-0.1, -0.05) is 43.0 Å². The van der Waals surface area contributed by atoms with Crippen molar-refractivity contribution in [2.24, 2.45) is 0 Å². The number of hydrogen-bond acceptors (Lipinski definition) is 2. The van der Waals surface area contributed by atoms with Gasteiger partial charge in [-0.25, -0.2) is 0 Å². The molecule has 70 valence electrons. The summed E-state index contributed by atoms with van der Waals surface area (Å²) in [5, 5.41) is 0. The minimum atomic E-state index is 1.11. The summed E-state index contributed by atoms with van der Waals surface area (Å²) < 4.78 is 1.38. The lowest BCUT2D eigenvalue weighted by Gasteiger charge is -2.02. The normalized spacial score (nSPS) is 11.7. The average Bonchev–Trinajstić information content (AvgIpc) is 2.19. The lowest BCUT2D eigenvalue weighted by atomic mass is 10.4. The highest BCUT2D eigenvalue weighted by Gasteiger charge is 1.96. The summed E-state index contributed by atoms with van der Waals surface area (Å²) in [5.41, 5.74) is 0. The van der Waals surface area contributed by atoms with Crippen LogP contribution in [0.25, 0.3) is 0 Å². The van der Waals surface area contributed by atoms with E-state index in [0.717, 1.165) is 6.42 Å². The van der Waals surface area contributed by atoms with Crippen molar-refractivity contribution in [3.05, 3.63) is 40.6 Å². The van der Waals surface area contributed by atoms with E-state index >= 15 is 0 Å². The summed E-state index contributed by atoms with van der Waals surface area (Å²) >= 11 is 3.65. The van der Waals surface area contributed by atoms with E-state index in [1.165, 1.54) is 9.13 Å². The van der Waals surface area contributed by atoms with Crippen molar-refractivity contribution in [3.8, 4) is 0 Å². The molecule has 0 unspecified atom stereocenters. The second-order valence-electron chi connectivity index (χ2n) is 2.55. The summed E-state index contributed by atoms with van der Waals surface area (Å²) in [6.45, 7) is 2.17. The van der Waals surface area contributed by atoms with Gasteiger partial charge in [0.1, 0.15) is 0 Å². The predicted molar refractivity (Wildman–Crippen MR) is 64.2 cm³/mol. The Bertz CT molecular complexity index is 265. The summed E-state index contributed by atoms with van der Waals surface area (Å²) in [7, 11) is 0. The molecule has 1 rings (SSSR count). The quantitative estimate of drug-likeness (QED) is 0.676. The van der Waals surface area contributed by atoms with Crippen molar-refractivity contribution in [1.82, 2.24) is 0 Å². The van der Waals surface area contributed by atoms with Gasteiger partial charge >= 0.3 is 0 Å². The maximum atomic E-state index is 2.27.